The second-order valence-corrected chi connectivity index (χ2v) is 4.46. The van der Waals surface area contributed by atoms with Crippen LogP contribution in [-0.4, -0.2) is 17.8 Å². The number of allylic oxidation sites excluding steroid dienone is 1. The fourth-order valence-electron chi connectivity index (χ4n) is 1.62. The zero-order valence-electron chi connectivity index (χ0n) is 9.88. The number of barbiturate groups is 1. The number of amides is 4. The molecule has 1 saturated heterocycles. The van der Waals surface area contributed by atoms with Gasteiger partial charge in [0, 0.05) is 0 Å². The predicted octanol–water partition coefficient (Wildman–Crippen LogP) is 0.961. The van der Waals surface area contributed by atoms with Gasteiger partial charge in [-0.05, 0) is 19.8 Å². The summed E-state index contributed by atoms with van der Waals surface area (Å²) in [5, 5.41) is 4.21. The molecule has 0 radical (unpaired) electrons. The quantitative estimate of drug-likeness (QED) is 0.542. The number of urea groups is 1. The van der Waals surface area contributed by atoms with Crippen molar-refractivity contribution in [1.82, 2.24) is 10.6 Å². The maximum atomic E-state index is 11.7. The van der Waals surface area contributed by atoms with Crippen LogP contribution in [0.2, 0.25) is 0 Å². The van der Waals surface area contributed by atoms with Gasteiger partial charge in [-0.25, -0.2) is 4.79 Å². The van der Waals surface area contributed by atoms with Crippen molar-refractivity contribution < 1.29 is 14.4 Å². The summed E-state index contributed by atoms with van der Waals surface area (Å²) in [6.45, 7) is 7.14. The Balaban J connectivity index is 3.12. The third kappa shape index (κ3) is 1.98. The molecule has 2 N–H and O–H groups in total. The molecule has 0 aromatic carbocycles. The Kier molecular flexibility index (Phi) is 3.16. The smallest absolute Gasteiger partial charge is 0.277 e. The maximum absolute atomic E-state index is 11.7. The van der Waals surface area contributed by atoms with Crippen LogP contribution in [0.15, 0.2) is 11.6 Å². The van der Waals surface area contributed by atoms with Crippen LogP contribution in [0.4, 0.5) is 4.79 Å². The van der Waals surface area contributed by atoms with E-state index in [0.717, 1.165) is 0 Å². The Hall–Kier alpha value is -1.65. The number of hydrogen-bond donors (Lipinski definition) is 2. The first-order chi connectivity index (χ1) is 7.28. The average Bonchev–Trinajstić information content (AvgIpc) is 2.12. The minimum atomic E-state index is -1.29. The molecule has 0 aliphatic carbocycles. The van der Waals surface area contributed by atoms with Crippen LogP contribution in [0.1, 0.15) is 27.7 Å². The highest BCUT2D eigenvalue weighted by Gasteiger charge is 2.47. The molecule has 0 spiro atoms. The molecule has 0 unspecified atom stereocenters. The van der Waals surface area contributed by atoms with E-state index in [9.17, 15) is 14.4 Å². The largest absolute Gasteiger partial charge is 0.328 e. The first kappa shape index (κ1) is 12.4. The van der Waals surface area contributed by atoms with Crippen LogP contribution < -0.4 is 10.6 Å². The molecule has 0 aromatic rings. The molecule has 5 nitrogen and oxygen atoms in total. The molecule has 1 heterocycles. The Morgan fingerprint density at radius 2 is 1.62 bits per heavy atom. The van der Waals surface area contributed by atoms with Gasteiger partial charge in [-0.3, -0.25) is 20.2 Å². The topological polar surface area (TPSA) is 75.3 Å². The molecule has 0 saturated carbocycles. The third-order valence-corrected chi connectivity index (χ3v) is 2.73. The van der Waals surface area contributed by atoms with Crippen molar-refractivity contribution in [2.24, 2.45) is 11.3 Å². The summed E-state index contributed by atoms with van der Waals surface area (Å²) in [5.41, 5.74) is -0.650. The number of nitrogens with one attached hydrogen (secondary N) is 2. The summed E-state index contributed by atoms with van der Waals surface area (Å²) in [4.78, 5) is 34.4. The van der Waals surface area contributed by atoms with E-state index in [0.29, 0.717) is 5.57 Å². The van der Waals surface area contributed by atoms with Crippen molar-refractivity contribution >= 4 is 17.8 Å². The monoisotopic (exact) mass is 224 g/mol. The van der Waals surface area contributed by atoms with E-state index in [4.69, 9.17) is 0 Å². The van der Waals surface area contributed by atoms with E-state index < -0.39 is 23.3 Å². The van der Waals surface area contributed by atoms with E-state index in [1.165, 1.54) is 6.92 Å². The van der Waals surface area contributed by atoms with Gasteiger partial charge in [-0.2, -0.15) is 0 Å². The fourth-order valence-corrected chi connectivity index (χ4v) is 1.62. The third-order valence-electron chi connectivity index (χ3n) is 2.73. The van der Waals surface area contributed by atoms with Crippen molar-refractivity contribution in [1.29, 1.82) is 0 Å². The van der Waals surface area contributed by atoms with Gasteiger partial charge in [0.15, 0.2) is 0 Å². The summed E-state index contributed by atoms with van der Waals surface area (Å²) in [6, 6.07) is -0.759. The summed E-state index contributed by atoms with van der Waals surface area (Å²) in [5.74, 6) is -0.915. The van der Waals surface area contributed by atoms with E-state index in [-0.39, 0.29) is 5.92 Å². The van der Waals surface area contributed by atoms with Gasteiger partial charge in [-0.1, -0.05) is 25.5 Å². The number of rotatable bonds is 2. The standard InChI is InChI=1S/C11H16N2O3/c1-6(2)5-7(3)11(4)8(14)12-10(16)13-9(11)15/h5-6H,1-4H3,(H2,12,13,14,15,16). The van der Waals surface area contributed by atoms with Gasteiger partial charge in [-0.15, -0.1) is 0 Å². The van der Waals surface area contributed by atoms with Gasteiger partial charge in [0.1, 0.15) is 5.41 Å². The normalized spacial score (nSPS) is 20.8. The van der Waals surface area contributed by atoms with Gasteiger partial charge in [0.25, 0.3) is 0 Å². The first-order valence-corrected chi connectivity index (χ1v) is 5.14. The molecule has 88 valence electrons. The van der Waals surface area contributed by atoms with Crippen LogP contribution in [0.3, 0.4) is 0 Å². The molecule has 0 atom stereocenters. The van der Waals surface area contributed by atoms with Crippen LogP contribution in [-0.2, 0) is 9.59 Å². The molecule has 1 aliphatic heterocycles. The van der Waals surface area contributed by atoms with Gasteiger partial charge in [0.2, 0.25) is 11.8 Å². The highest BCUT2D eigenvalue weighted by atomic mass is 16.2. The Labute approximate surface area is 94.3 Å². The Morgan fingerprint density at radius 3 is 2.00 bits per heavy atom. The lowest BCUT2D eigenvalue weighted by Crippen LogP contribution is -2.61. The Bertz CT molecular complexity index is 363. The molecule has 1 rings (SSSR count). The van der Waals surface area contributed by atoms with Crippen molar-refractivity contribution in [2.45, 2.75) is 27.7 Å². The fraction of sp³-hybridized carbons (Fsp3) is 0.545. The molecule has 16 heavy (non-hydrogen) atoms. The number of imide groups is 2. The van der Waals surface area contributed by atoms with Crippen molar-refractivity contribution in [3.63, 3.8) is 0 Å². The minimum Gasteiger partial charge on any atom is -0.277 e. The second-order valence-electron chi connectivity index (χ2n) is 4.46. The first-order valence-electron chi connectivity index (χ1n) is 5.14. The van der Waals surface area contributed by atoms with E-state index >= 15 is 0 Å². The number of carbonyl (C=O) groups is 3. The predicted molar refractivity (Wildman–Crippen MR) is 58.4 cm³/mol. The average molecular weight is 224 g/mol. The summed E-state index contributed by atoms with van der Waals surface area (Å²) in [6.07, 6.45) is 1.84. The highest BCUT2D eigenvalue weighted by Crippen LogP contribution is 2.30. The molecule has 1 fully saturated rings. The van der Waals surface area contributed by atoms with Gasteiger partial charge >= 0.3 is 6.03 Å². The van der Waals surface area contributed by atoms with Crippen LogP contribution in [0.25, 0.3) is 0 Å². The van der Waals surface area contributed by atoms with Crippen molar-refractivity contribution in [3.05, 3.63) is 11.6 Å². The zero-order chi connectivity index (χ0) is 12.5. The minimum absolute atomic E-state index is 0.232. The summed E-state index contributed by atoms with van der Waals surface area (Å²) < 4.78 is 0. The van der Waals surface area contributed by atoms with Crippen LogP contribution >= 0.6 is 0 Å². The van der Waals surface area contributed by atoms with Crippen molar-refractivity contribution in [2.75, 3.05) is 0 Å². The lowest BCUT2D eigenvalue weighted by molar-refractivity contribution is -0.140. The zero-order valence-corrected chi connectivity index (χ0v) is 9.88. The molecule has 5 heteroatoms. The molecule has 0 aromatic heterocycles. The maximum Gasteiger partial charge on any atom is 0.328 e. The lowest BCUT2D eigenvalue weighted by Gasteiger charge is -2.31. The van der Waals surface area contributed by atoms with Crippen molar-refractivity contribution in [3.8, 4) is 0 Å². The molecule has 1 aliphatic rings. The number of hydrogen-bond acceptors (Lipinski definition) is 3. The van der Waals surface area contributed by atoms with Gasteiger partial charge < -0.3 is 0 Å². The van der Waals surface area contributed by atoms with E-state index in [1.807, 2.05) is 19.9 Å². The highest BCUT2D eigenvalue weighted by molar-refractivity contribution is 6.20. The van der Waals surface area contributed by atoms with Crippen LogP contribution in [0, 0.1) is 11.3 Å². The summed E-state index contributed by atoms with van der Waals surface area (Å²) >= 11 is 0. The number of carbonyl (C=O) groups excluding carboxylic acids is 3. The van der Waals surface area contributed by atoms with Crippen LogP contribution in [0.5, 0.6) is 0 Å². The Morgan fingerprint density at radius 1 is 1.19 bits per heavy atom. The molecule has 4 amide bonds. The van der Waals surface area contributed by atoms with E-state index in [1.54, 1.807) is 6.92 Å². The SMILES string of the molecule is CC(=CC(C)C)C1(C)C(=O)NC(=O)NC1=O. The summed E-state index contributed by atoms with van der Waals surface area (Å²) in [7, 11) is 0. The molecular weight excluding hydrogens is 208 g/mol. The molecule has 0 bridgehead atoms. The van der Waals surface area contributed by atoms with E-state index in [2.05, 4.69) is 10.6 Å². The van der Waals surface area contributed by atoms with Gasteiger partial charge in [0.05, 0.1) is 0 Å². The second kappa shape index (κ2) is 4.08. The molecular formula is C11H16N2O3. The lowest BCUT2D eigenvalue weighted by atomic mass is 9.78.